The van der Waals surface area contributed by atoms with Gasteiger partial charge in [0.25, 0.3) is 6.43 Å². The molecular formula is C9H6F2N4O2. The van der Waals surface area contributed by atoms with Crippen molar-refractivity contribution in [2.75, 3.05) is 0 Å². The van der Waals surface area contributed by atoms with E-state index in [1.54, 1.807) is 0 Å². The van der Waals surface area contributed by atoms with Crippen LogP contribution in [-0.2, 0) is 0 Å². The number of halogens is 2. The molecule has 0 radical (unpaired) electrons. The quantitative estimate of drug-likeness (QED) is 0.874. The summed E-state index contributed by atoms with van der Waals surface area (Å²) in [4.78, 5) is 10.7. The molecule has 2 aromatic heterocycles. The van der Waals surface area contributed by atoms with Crippen LogP contribution in [0.25, 0.3) is 5.82 Å². The van der Waals surface area contributed by atoms with Crippen LogP contribution >= 0.6 is 0 Å². The molecule has 0 amide bonds. The zero-order valence-electron chi connectivity index (χ0n) is 8.29. The van der Waals surface area contributed by atoms with Crippen molar-refractivity contribution >= 4 is 5.97 Å². The molecule has 2 aromatic rings. The molecule has 0 aliphatic carbocycles. The van der Waals surface area contributed by atoms with Crippen LogP contribution in [0.15, 0.2) is 24.5 Å². The van der Waals surface area contributed by atoms with E-state index in [1.165, 1.54) is 18.3 Å². The number of carbonyl (C=O) groups is 1. The Morgan fingerprint density at radius 3 is 2.76 bits per heavy atom. The number of hydrogen-bond donors (Lipinski definition) is 1. The highest BCUT2D eigenvalue weighted by Crippen LogP contribution is 2.24. The van der Waals surface area contributed by atoms with Crippen LogP contribution in [0.3, 0.4) is 0 Å². The fraction of sp³-hybridized carbons (Fsp3) is 0.111. The van der Waals surface area contributed by atoms with Gasteiger partial charge in [0, 0.05) is 6.20 Å². The summed E-state index contributed by atoms with van der Waals surface area (Å²) >= 11 is 0. The normalized spacial score (nSPS) is 10.8. The number of aromatic nitrogens is 4. The van der Waals surface area contributed by atoms with Gasteiger partial charge < -0.3 is 5.11 Å². The molecular weight excluding hydrogens is 234 g/mol. The van der Waals surface area contributed by atoms with Crippen molar-refractivity contribution < 1.29 is 18.7 Å². The predicted octanol–water partition coefficient (Wildman–Crippen LogP) is 1.30. The predicted molar refractivity (Wildman–Crippen MR) is 51.1 cm³/mol. The van der Waals surface area contributed by atoms with Gasteiger partial charge in [0.05, 0.1) is 6.20 Å². The molecule has 8 heteroatoms. The van der Waals surface area contributed by atoms with E-state index in [9.17, 15) is 13.6 Å². The van der Waals surface area contributed by atoms with E-state index in [4.69, 9.17) is 5.11 Å². The average Bonchev–Trinajstić information content (AvgIpc) is 2.74. The van der Waals surface area contributed by atoms with Crippen LogP contribution in [-0.4, -0.2) is 31.1 Å². The maximum Gasteiger partial charge on any atom is 0.339 e. The van der Waals surface area contributed by atoms with Crippen LogP contribution in [0.5, 0.6) is 0 Å². The lowest BCUT2D eigenvalue weighted by Crippen LogP contribution is -2.08. The van der Waals surface area contributed by atoms with Crippen molar-refractivity contribution in [3.63, 3.8) is 0 Å². The summed E-state index contributed by atoms with van der Waals surface area (Å²) < 4.78 is 26.4. The van der Waals surface area contributed by atoms with Crippen molar-refractivity contribution in [3.05, 3.63) is 35.8 Å². The Kier molecular flexibility index (Phi) is 2.77. The van der Waals surface area contributed by atoms with Crippen molar-refractivity contribution in [2.24, 2.45) is 0 Å². The van der Waals surface area contributed by atoms with Gasteiger partial charge in [-0.25, -0.2) is 18.3 Å². The van der Waals surface area contributed by atoms with Gasteiger partial charge in [-0.15, -0.1) is 5.10 Å². The zero-order chi connectivity index (χ0) is 12.4. The standard InChI is InChI=1S/C9H6F2N4O2/c10-8(11)7-5(9(16)17)4-13-15(7)6-2-1-3-12-14-6/h1-4,8H,(H,16,17). The number of carboxylic acids is 1. The van der Waals surface area contributed by atoms with E-state index in [0.29, 0.717) is 0 Å². The largest absolute Gasteiger partial charge is 0.478 e. The molecule has 0 unspecified atom stereocenters. The van der Waals surface area contributed by atoms with E-state index < -0.39 is 23.7 Å². The van der Waals surface area contributed by atoms with E-state index >= 15 is 0 Å². The molecule has 88 valence electrons. The third-order valence-electron chi connectivity index (χ3n) is 2.02. The SMILES string of the molecule is O=C(O)c1cnn(-c2cccnn2)c1C(F)F. The van der Waals surface area contributed by atoms with Crippen LogP contribution < -0.4 is 0 Å². The third-order valence-corrected chi connectivity index (χ3v) is 2.02. The van der Waals surface area contributed by atoms with Gasteiger partial charge >= 0.3 is 5.97 Å². The summed E-state index contributed by atoms with van der Waals surface area (Å²) in [7, 11) is 0. The summed E-state index contributed by atoms with van der Waals surface area (Å²) in [5, 5.41) is 19.4. The highest BCUT2D eigenvalue weighted by molar-refractivity contribution is 5.88. The molecule has 0 atom stereocenters. The molecule has 2 rings (SSSR count). The van der Waals surface area contributed by atoms with Crippen LogP contribution in [0.2, 0.25) is 0 Å². The zero-order valence-corrected chi connectivity index (χ0v) is 8.29. The first-order valence-electron chi connectivity index (χ1n) is 4.48. The first-order chi connectivity index (χ1) is 8.11. The van der Waals surface area contributed by atoms with Gasteiger partial charge in [-0.05, 0) is 12.1 Å². The Morgan fingerprint density at radius 1 is 1.47 bits per heavy atom. The number of aromatic carboxylic acids is 1. The van der Waals surface area contributed by atoms with Gasteiger partial charge in [0.2, 0.25) is 0 Å². The molecule has 1 N–H and O–H groups in total. The van der Waals surface area contributed by atoms with E-state index in [2.05, 4.69) is 15.3 Å². The van der Waals surface area contributed by atoms with Crippen molar-refractivity contribution in [1.29, 1.82) is 0 Å². The summed E-state index contributed by atoms with van der Waals surface area (Å²) in [6, 6.07) is 2.89. The Bertz CT molecular complexity index is 541. The first-order valence-corrected chi connectivity index (χ1v) is 4.48. The molecule has 17 heavy (non-hydrogen) atoms. The minimum Gasteiger partial charge on any atom is -0.478 e. The third kappa shape index (κ3) is 1.96. The summed E-state index contributed by atoms with van der Waals surface area (Å²) in [6.07, 6.45) is -0.739. The summed E-state index contributed by atoms with van der Waals surface area (Å²) in [6.45, 7) is 0. The first kappa shape index (κ1) is 11.1. The molecule has 2 heterocycles. The fourth-order valence-electron chi connectivity index (χ4n) is 1.32. The lowest BCUT2D eigenvalue weighted by atomic mass is 10.2. The van der Waals surface area contributed by atoms with Gasteiger partial charge in [-0.3, -0.25) is 0 Å². The fourth-order valence-corrected chi connectivity index (χ4v) is 1.32. The second-order valence-electron chi connectivity index (χ2n) is 3.04. The van der Waals surface area contributed by atoms with Gasteiger partial charge in [0.1, 0.15) is 11.3 Å². The van der Waals surface area contributed by atoms with Gasteiger partial charge in [-0.1, -0.05) is 0 Å². The van der Waals surface area contributed by atoms with Gasteiger partial charge in [-0.2, -0.15) is 10.2 Å². The molecule has 0 saturated carbocycles. The lowest BCUT2D eigenvalue weighted by molar-refractivity contribution is 0.0683. The molecule has 0 fully saturated rings. The Balaban J connectivity index is 2.60. The minimum absolute atomic E-state index is 0.0373. The van der Waals surface area contributed by atoms with Crippen LogP contribution in [0, 0.1) is 0 Å². The Morgan fingerprint density at radius 2 is 2.24 bits per heavy atom. The average molecular weight is 240 g/mol. The molecule has 0 spiro atoms. The smallest absolute Gasteiger partial charge is 0.339 e. The number of nitrogens with zero attached hydrogens (tertiary/aromatic N) is 4. The number of alkyl halides is 2. The van der Waals surface area contributed by atoms with E-state index in [-0.39, 0.29) is 5.82 Å². The Labute approximate surface area is 93.5 Å². The van der Waals surface area contributed by atoms with E-state index in [0.717, 1.165) is 10.9 Å². The van der Waals surface area contributed by atoms with Crippen LogP contribution in [0.1, 0.15) is 22.5 Å². The molecule has 0 aromatic carbocycles. The lowest BCUT2D eigenvalue weighted by Gasteiger charge is -2.05. The monoisotopic (exact) mass is 240 g/mol. The highest BCUT2D eigenvalue weighted by Gasteiger charge is 2.25. The maximum atomic E-state index is 12.8. The number of carboxylic acid groups (broad SMARTS) is 1. The highest BCUT2D eigenvalue weighted by atomic mass is 19.3. The molecule has 0 bridgehead atoms. The molecule has 6 nitrogen and oxygen atoms in total. The molecule has 0 aliphatic heterocycles. The van der Waals surface area contributed by atoms with Crippen molar-refractivity contribution in [2.45, 2.75) is 6.43 Å². The second kappa shape index (κ2) is 4.24. The summed E-state index contributed by atoms with van der Waals surface area (Å²) in [5.74, 6) is -1.43. The molecule has 0 saturated heterocycles. The van der Waals surface area contributed by atoms with E-state index in [1.807, 2.05) is 0 Å². The van der Waals surface area contributed by atoms with Crippen LogP contribution in [0.4, 0.5) is 8.78 Å². The molecule has 0 aliphatic rings. The van der Waals surface area contributed by atoms with Crippen molar-refractivity contribution in [1.82, 2.24) is 20.0 Å². The second-order valence-corrected chi connectivity index (χ2v) is 3.04. The van der Waals surface area contributed by atoms with Gasteiger partial charge in [0.15, 0.2) is 5.82 Å². The topological polar surface area (TPSA) is 80.9 Å². The summed E-state index contributed by atoms with van der Waals surface area (Å²) in [5.41, 5.74) is -1.26. The van der Waals surface area contributed by atoms with Crippen molar-refractivity contribution in [3.8, 4) is 5.82 Å². The number of rotatable bonds is 3. The number of hydrogen-bond acceptors (Lipinski definition) is 4. The maximum absolute atomic E-state index is 12.8. The minimum atomic E-state index is -2.97. The Hall–Kier alpha value is -2.38.